The number of nitrogens with one attached hydrogen (secondary N) is 1. The first kappa shape index (κ1) is 24.9. The molecule has 0 saturated heterocycles. The second kappa shape index (κ2) is 17.4. The van der Waals surface area contributed by atoms with Crippen molar-refractivity contribution in [3.63, 3.8) is 0 Å². The van der Waals surface area contributed by atoms with Gasteiger partial charge in [0.2, 0.25) is 5.91 Å². The molecule has 2 atom stereocenters. The molecule has 0 aliphatic heterocycles. The molecular formula is C22H43NO3. The third kappa shape index (κ3) is 14.1. The van der Waals surface area contributed by atoms with Crippen LogP contribution < -0.4 is 5.32 Å². The minimum Gasteiger partial charge on any atom is -0.480 e. The molecule has 0 saturated carbocycles. The van der Waals surface area contributed by atoms with E-state index in [9.17, 15) is 14.7 Å². The molecule has 0 aliphatic rings. The van der Waals surface area contributed by atoms with Crippen molar-refractivity contribution in [2.24, 2.45) is 5.92 Å². The predicted molar refractivity (Wildman–Crippen MR) is 109 cm³/mol. The molecule has 0 rings (SSSR count). The van der Waals surface area contributed by atoms with E-state index in [0.717, 1.165) is 19.3 Å². The number of aliphatic carboxylic acids is 1. The first-order valence-electron chi connectivity index (χ1n) is 11.0. The van der Waals surface area contributed by atoms with E-state index in [1.165, 1.54) is 70.6 Å². The minimum absolute atomic E-state index is 0.0388. The molecule has 0 aromatic heterocycles. The van der Waals surface area contributed by atoms with E-state index < -0.39 is 12.0 Å². The first-order valence-corrected chi connectivity index (χ1v) is 11.0. The van der Waals surface area contributed by atoms with Crippen LogP contribution in [0.4, 0.5) is 0 Å². The van der Waals surface area contributed by atoms with Crippen LogP contribution in [0.3, 0.4) is 0 Å². The Morgan fingerprint density at radius 3 is 1.58 bits per heavy atom. The Hall–Kier alpha value is -1.06. The van der Waals surface area contributed by atoms with Gasteiger partial charge in [-0.15, -0.1) is 0 Å². The highest BCUT2D eigenvalue weighted by atomic mass is 16.4. The van der Waals surface area contributed by atoms with Gasteiger partial charge in [-0.25, -0.2) is 4.79 Å². The van der Waals surface area contributed by atoms with Crippen LogP contribution in [-0.2, 0) is 9.59 Å². The average Bonchev–Trinajstić information content (AvgIpc) is 2.62. The van der Waals surface area contributed by atoms with E-state index in [0.29, 0.717) is 6.42 Å². The van der Waals surface area contributed by atoms with Crippen LogP contribution in [0.2, 0.25) is 0 Å². The van der Waals surface area contributed by atoms with Crippen LogP contribution in [0.5, 0.6) is 0 Å². The van der Waals surface area contributed by atoms with Crippen molar-refractivity contribution in [2.75, 3.05) is 0 Å². The summed E-state index contributed by atoms with van der Waals surface area (Å²) in [5.74, 6) is -1.10. The summed E-state index contributed by atoms with van der Waals surface area (Å²) in [6, 6.07) is -0.755. The van der Waals surface area contributed by atoms with Crippen molar-refractivity contribution in [3.05, 3.63) is 0 Å². The smallest absolute Gasteiger partial charge is 0.326 e. The largest absolute Gasteiger partial charge is 0.480 e. The van der Waals surface area contributed by atoms with Crippen molar-refractivity contribution >= 4 is 11.9 Å². The molecule has 0 bridgehead atoms. The van der Waals surface area contributed by atoms with Crippen LogP contribution in [0, 0.1) is 5.92 Å². The van der Waals surface area contributed by atoms with Crippen LogP contribution in [0.1, 0.15) is 117 Å². The molecule has 154 valence electrons. The lowest BCUT2D eigenvalue weighted by atomic mass is 9.99. The molecule has 0 aliphatic carbocycles. The van der Waals surface area contributed by atoms with Crippen LogP contribution >= 0.6 is 0 Å². The lowest BCUT2D eigenvalue weighted by Crippen LogP contribution is -2.44. The van der Waals surface area contributed by atoms with Crippen molar-refractivity contribution in [3.8, 4) is 0 Å². The summed E-state index contributed by atoms with van der Waals surface area (Å²) in [6.07, 6.45) is 17.8. The quantitative estimate of drug-likeness (QED) is 0.288. The van der Waals surface area contributed by atoms with E-state index in [-0.39, 0.29) is 11.8 Å². The number of carbonyl (C=O) groups excluding carboxylic acids is 1. The van der Waals surface area contributed by atoms with Crippen LogP contribution in [0.15, 0.2) is 0 Å². The van der Waals surface area contributed by atoms with Gasteiger partial charge in [0.05, 0.1) is 0 Å². The molecule has 0 aromatic carbocycles. The molecule has 0 aromatic rings. The van der Waals surface area contributed by atoms with Gasteiger partial charge >= 0.3 is 5.97 Å². The molecule has 0 unspecified atom stereocenters. The highest BCUT2D eigenvalue weighted by molar-refractivity contribution is 5.83. The van der Waals surface area contributed by atoms with Gasteiger partial charge in [-0.1, -0.05) is 104 Å². The molecule has 0 radical (unpaired) electrons. The molecule has 26 heavy (non-hydrogen) atoms. The van der Waals surface area contributed by atoms with Gasteiger partial charge in [0.1, 0.15) is 6.04 Å². The lowest BCUT2D eigenvalue weighted by molar-refractivity contribution is -0.143. The fourth-order valence-electron chi connectivity index (χ4n) is 3.23. The molecule has 1 amide bonds. The van der Waals surface area contributed by atoms with Gasteiger partial charge in [-0.3, -0.25) is 4.79 Å². The topological polar surface area (TPSA) is 66.4 Å². The van der Waals surface area contributed by atoms with Gasteiger partial charge in [-0.05, 0) is 12.3 Å². The molecule has 2 N–H and O–H groups in total. The summed E-state index contributed by atoms with van der Waals surface area (Å²) in [5.41, 5.74) is 0. The van der Waals surface area contributed by atoms with Crippen molar-refractivity contribution in [1.29, 1.82) is 0 Å². The Morgan fingerprint density at radius 2 is 1.19 bits per heavy atom. The maximum Gasteiger partial charge on any atom is 0.326 e. The Kier molecular flexibility index (Phi) is 16.7. The molecular weight excluding hydrogens is 326 g/mol. The zero-order valence-electron chi connectivity index (χ0n) is 17.5. The molecule has 4 heteroatoms. The zero-order valence-corrected chi connectivity index (χ0v) is 17.5. The van der Waals surface area contributed by atoms with Crippen LogP contribution in [0.25, 0.3) is 0 Å². The van der Waals surface area contributed by atoms with E-state index in [4.69, 9.17) is 0 Å². The molecule has 0 spiro atoms. The SMILES string of the molecule is CCCCCCCCCCCCCCCC(=O)N[C@@H](C(=O)O)[C@H](C)CC. The van der Waals surface area contributed by atoms with E-state index in [2.05, 4.69) is 12.2 Å². The van der Waals surface area contributed by atoms with Gasteiger partial charge in [0.15, 0.2) is 0 Å². The summed E-state index contributed by atoms with van der Waals surface area (Å²) < 4.78 is 0. The van der Waals surface area contributed by atoms with Crippen LogP contribution in [-0.4, -0.2) is 23.0 Å². The number of carbonyl (C=O) groups is 2. The molecule has 4 nitrogen and oxygen atoms in total. The maximum absolute atomic E-state index is 11.9. The number of hydrogen-bond acceptors (Lipinski definition) is 2. The Labute approximate surface area is 161 Å². The number of amides is 1. The van der Waals surface area contributed by atoms with Crippen molar-refractivity contribution in [1.82, 2.24) is 5.32 Å². The van der Waals surface area contributed by atoms with Gasteiger partial charge in [0, 0.05) is 6.42 Å². The first-order chi connectivity index (χ1) is 12.5. The zero-order chi connectivity index (χ0) is 19.6. The number of carboxylic acid groups (broad SMARTS) is 1. The summed E-state index contributed by atoms with van der Waals surface area (Å²) in [5, 5.41) is 11.9. The summed E-state index contributed by atoms with van der Waals surface area (Å²) >= 11 is 0. The second-order valence-electron chi connectivity index (χ2n) is 7.76. The fraction of sp³-hybridized carbons (Fsp3) is 0.909. The van der Waals surface area contributed by atoms with Gasteiger partial charge in [0.25, 0.3) is 0 Å². The molecule has 0 heterocycles. The maximum atomic E-state index is 11.9. The monoisotopic (exact) mass is 369 g/mol. The third-order valence-corrected chi connectivity index (χ3v) is 5.30. The highest BCUT2D eigenvalue weighted by Crippen LogP contribution is 2.13. The second-order valence-corrected chi connectivity index (χ2v) is 7.76. The lowest BCUT2D eigenvalue weighted by Gasteiger charge is -2.20. The predicted octanol–water partition coefficient (Wildman–Crippen LogP) is 6.08. The van der Waals surface area contributed by atoms with Crippen molar-refractivity contribution in [2.45, 2.75) is 123 Å². The van der Waals surface area contributed by atoms with Gasteiger partial charge in [-0.2, -0.15) is 0 Å². The standard InChI is InChI=1S/C22H43NO3/c1-4-6-7-8-9-10-11-12-13-14-15-16-17-18-20(24)23-21(22(25)26)19(3)5-2/h19,21H,4-18H2,1-3H3,(H,23,24)(H,25,26)/t19-,21-/m1/s1. The number of rotatable bonds is 18. The number of hydrogen-bond donors (Lipinski definition) is 2. The Balaban J connectivity index is 3.49. The van der Waals surface area contributed by atoms with Gasteiger partial charge < -0.3 is 10.4 Å². The normalized spacial score (nSPS) is 13.3. The number of carboxylic acids is 1. The average molecular weight is 370 g/mol. The fourth-order valence-corrected chi connectivity index (χ4v) is 3.23. The Bertz CT molecular complexity index is 357. The Morgan fingerprint density at radius 1 is 0.769 bits per heavy atom. The third-order valence-electron chi connectivity index (χ3n) is 5.30. The van der Waals surface area contributed by atoms with Crippen molar-refractivity contribution < 1.29 is 14.7 Å². The van der Waals surface area contributed by atoms with E-state index in [1.807, 2.05) is 13.8 Å². The highest BCUT2D eigenvalue weighted by Gasteiger charge is 2.24. The van der Waals surface area contributed by atoms with E-state index >= 15 is 0 Å². The number of unbranched alkanes of at least 4 members (excludes halogenated alkanes) is 12. The summed E-state index contributed by atoms with van der Waals surface area (Å²) in [7, 11) is 0. The molecule has 0 fully saturated rings. The summed E-state index contributed by atoms with van der Waals surface area (Å²) in [6.45, 7) is 6.07. The summed E-state index contributed by atoms with van der Waals surface area (Å²) in [4.78, 5) is 23.1. The minimum atomic E-state index is -0.932. The van der Waals surface area contributed by atoms with E-state index in [1.54, 1.807) is 0 Å².